The number of amides is 1. The molecule has 156 valence electrons. The molecule has 1 saturated heterocycles. The lowest BCUT2D eigenvalue weighted by atomic mass is 9.90. The third kappa shape index (κ3) is 3.32. The minimum absolute atomic E-state index is 0.0215. The van der Waals surface area contributed by atoms with E-state index in [2.05, 4.69) is 0 Å². The number of aliphatic hydroxyl groups is 1. The second-order valence-electron chi connectivity index (χ2n) is 8.44. The normalized spacial score (nSPS) is 21.7. The first kappa shape index (κ1) is 19.6. The molecule has 5 rings (SSSR count). The molecule has 4 nitrogen and oxygen atoms in total. The highest BCUT2D eigenvalue weighted by Gasteiger charge is 2.48. The van der Waals surface area contributed by atoms with Crippen LogP contribution in [0.3, 0.4) is 0 Å². The molecule has 2 aliphatic rings. The highest BCUT2D eigenvalue weighted by molar-refractivity contribution is 6.46. The van der Waals surface area contributed by atoms with Gasteiger partial charge in [-0.05, 0) is 29.2 Å². The fourth-order valence-electron chi connectivity index (χ4n) is 5.13. The van der Waals surface area contributed by atoms with Crippen LogP contribution in [0.15, 0.2) is 78.4 Å². The lowest BCUT2D eigenvalue weighted by Gasteiger charge is -2.35. The molecule has 1 N–H and O–H groups in total. The first-order valence-corrected chi connectivity index (χ1v) is 11.0. The summed E-state index contributed by atoms with van der Waals surface area (Å²) < 4.78 is 0. The zero-order chi connectivity index (χ0) is 21.4. The minimum atomic E-state index is -0.593. The Hall–Kier alpha value is -3.40. The summed E-state index contributed by atoms with van der Waals surface area (Å²) in [6, 6.07) is 22.5. The highest BCUT2D eigenvalue weighted by Crippen LogP contribution is 2.43. The number of likely N-dealkylation sites (tertiary alicyclic amines) is 1. The largest absolute Gasteiger partial charge is 0.507 e. The molecule has 3 aromatic rings. The molecule has 31 heavy (non-hydrogen) atoms. The predicted octanol–water partition coefficient (Wildman–Crippen LogP) is 5.59. The average Bonchev–Trinajstić information content (AvgIpc) is 3.10. The topological polar surface area (TPSA) is 57.6 Å². The second-order valence-corrected chi connectivity index (χ2v) is 8.44. The van der Waals surface area contributed by atoms with Crippen molar-refractivity contribution in [3.8, 4) is 0 Å². The number of aliphatic hydroxyl groups excluding tert-OH is 1. The highest BCUT2D eigenvalue weighted by atomic mass is 16.3. The van der Waals surface area contributed by atoms with E-state index in [1.54, 1.807) is 4.90 Å². The molecule has 2 fully saturated rings. The van der Waals surface area contributed by atoms with Crippen LogP contribution in [-0.2, 0) is 9.59 Å². The van der Waals surface area contributed by atoms with Gasteiger partial charge in [0.05, 0.1) is 11.6 Å². The third-order valence-electron chi connectivity index (χ3n) is 6.61. The Morgan fingerprint density at radius 3 is 2.26 bits per heavy atom. The van der Waals surface area contributed by atoms with E-state index in [9.17, 15) is 14.7 Å². The van der Waals surface area contributed by atoms with Gasteiger partial charge in [0, 0.05) is 11.6 Å². The van der Waals surface area contributed by atoms with Crippen LogP contribution in [0.2, 0.25) is 0 Å². The van der Waals surface area contributed by atoms with Gasteiger partial charge < -0.3 is 10.0 Å². The van der Waals surface area contributed by atoms with Crippen LogP contribution >= 0.6 is 0 Å². The summed E-state index contributed by atoms with van der Waals surface area (Å²) in [4.78, 5) is 28.3. The Labute approximate surface area is 181 Å². The molecule has 0 radical (unpaired) electrons. The number of Topliss-reactive ketones (excluding diaryl/α,β-unsaturated/α-hetero) is 1. The fraction of sp³-hybridized carbons (Fsp3) is 0.259. The SMILES string of the molecule is O=C1C(=O)N(C2CCCCC2)C(c2ccccc2)/C1=C(/O)c1cccc2ccccc12. The molecule has 1 heterocycles. The van der Waals surface area contributed by atoms with Gasteiger partial charge in [0.25, 0.3) is 11.7 Å². The first-order valence-electron chi connectivity index (χ1n) is 11.0. The lowest BCUT2D eigenvalue weighted by Crippen LogP contribution is -2.40. The Balaban J connectivity index is 1.71. The van der Waals surface area contributed by atoms with E-state index in [-0.39, 0.29) is 17.4 Å². The van der Waals surface area contributed by atoms with Crippen molar-refractivity contribution in [1.29, 1.82) is 0 Å². The van der Waals surface area contributed by atoms with Gasteiger partial charge in [-0.25, -0.2) is 0 Å². The van der Waals surface area contributed by atoms with Crippen LogP contribution in [0.1, 0.15) is 49.3 Å². The Kier molecular flexibility index (Phi) is 5.06. The molecule has 0 spiro atoms. The summed E-state index contributed by atoms with van der Waals surface area (Å²) in [5.74, 6) is -1.19. The monoisotopic (exact) mass is 411 g/mol. The van der Waals surface area contributed by atoms with Crippen molar-refractivity contribution >= 4 is 28.2 Å². The summed E-state index contributed by atoms with van der Waals surface area (Å²) >= 11 is 0. The van der Waals surface area contributed by atoms with E-state index in [0.29, 0.717) is 5.56 Å². The van der Waals surface area contributed by atoms with Crippen molar-refractivity contribution in [2.75, 3.05) is 0 Å². The standard InChI is InChI=1S/C27H25NO3/c29-25(22-17-9-13-18-10-7-8-16-21(18)22)23-24(19-11-3-1-4-12-19)28(27(31)26(23)30)20-14-5-2-6-15-20/h1,3-4,7-13,16-17,20,24,29H,2,5-6,14-15H2/b25-23-. The first-order chi connectivity index (χ1) is 15.2. The lowest BCUT2D eigenvalue weighted by molar-refractivity contribution is -0.141. The molecule has 4 heteroatoms. The molecule has 0 bridgehead atoms. The molecular weight excluding hydrogens is 386 g/mol. The van der Waals surface area contributed by atoms with Gasteiger partial charge in [-0.15, -0.1) is 0 Å². The number of fused-ring (bicyclic) bond motifs is 1. The Bertz CT molecular complexity index is 1170. The van der Waals surface area contributed by atoms with E-state index in [1.807, 2.05) is 72.8 Å². The smallest absolute Gasteiger partial charge is 0.295 e. The minimum Gasteiger partial charge on any atom is -0.507 e. The van der Waals surface area contributed by atoms with Crippen LogP contribution in [0.4, 0.5) is 0 Å². The number of hydrogen-bond donors (Lipinski definition) is 1. The van der Waals surface area contributed by atoms with E-state index >= 15 is 0 Å². The zero-order valence-electron chi connectivity index (χ0n) is 17.3. The van der Waals surface area contributed by atoms with E-state index < -0.39 is 17.7 Å². The van der Waals surface area contributed by atoms with Gasteiger partial charge in [-0.3, -0.25) is 9.59 Å². The molecule has 1 unspecified atom stereocenters. The number of ketones is 1. The molecule has 1 aliphatic carbocycles. The quantitative estimate of drug-likeness (QED) is 0.347. The molecule has 0 aromatic heterocycles. The van der Waals surface area contributed by atoms with Gasteiger partial charge in [-0.1, -0.05) is 92.1 Å². The maximum absolute atomic E-state index is 13.3. The molecule has 1 saturated carbocycles. The summed E-state index contributed by atoms with van der Waals surface area (Å²) in [6.45, 7) is 0. The number of carbonyl (C=O) groups is 2. The Morgan fingerprint density at radius 2 is 1.48 bits per heavy atom. The summed E-state index contributed by atoms with van der Waals surface area (Å²) in [6.07, 6.45) is 5.05. The third-order valence-corrected chi connectivity index (χ3v) is 6.61. The van der Waals surface area contributed by atoms with Gasteiger partial charge in [-0.2, -0.15) is 0 Å². The van der Waals surface area contributed by atoms with Crippen LogP contribution in [0.25, 0.3) is 16.5 Å². The van der Waals surface area contributed by atoms with Crippen LogP contribution in [0, 0.1) is 0 Å². The van der Waals surface area contributed by atoms with Crippen LogP contribution in [0.5, 0.6) is 0 Å². The fourth-order valence-corrected chi connectivity index (χ4v) is 5.13. The number of hydrogen-bond acceptors (Lipinski definition) is 3. The molecular formula is C27H25NO3. The number of carbonyl (C=O) groups excluding carboxylic acids is 2. The van der Waals surface area contributed by atoms with E-state index in [1.165, 1.54) is 0 Å². The average molecular weight is 412 g/mol. The van der Waals surface area contributed by atoms with Gasteiger partial charge in [0.2, 0.25) is 0 Å². The molecule has 1 amide bonds. The van der Waals surface area contributed by atoms with Crippen molar-refractivity contribution < 1.29 is 14.7 Å². The second kappa shape index (κ2) is 8.03. The summed E-state index contributed by atoms with van der Waals surface area (Å²) in [5.41, 5.74) is 1.63. The number of rotatable bonds is 3. The van der Waals surface area contributed by atoms with Gasteiger partial charge >= 0.3 is 0 Å². The van der Waals surface area contributed by atoms with E-state index in [0.717, 1.165) is 48.4 Å². The summed E-state index contributed by atoms with van der Waals surface area (Å²) in [7, 11) is 0. The van der Waals surface area contributed by atoms with Crippen molar-refractivity contribution in [3.63, 3.8) is 0 Å². The maximum Gasteiger partial charge on any atom is 0.295 e. The van der Waals surface area contributed by atoms with Crippen molar-refractivity contribution in [1.82, 2.24) is 4.90 Å². The van der Waals surface area contributed by atoms with Crippen molar-refractivity contribution in [2.24, 2.45) is 0 Å². The summed E-state index contributed by atoms with van der Waals surface area (Å²) in [5, 5.41) is 13.3. The number of benzene rings is 3. The molecule has 1 aliphatic heterocycles. The van der Waals surface area contributed by atoms with Gasteiger partial charge in [0.1, 0.15) is 5.76 Å². The van der Waals surface area contributed by atoms with Crippen molar-refractivity contribution in [3.05, 3.63) is 89.5 Å². The Morgan fingerprint density at radius 1 is 0.806 bits per heavy atom. The maximum atomic E-state index is 13.3. The molecule has 3 aromatic carbocycles. The predicted molar refractivity (Wildman–Crippen MR) is 121 cm³/mol. The van der Waals surface area contributed by atoms with Crippen LogP contribution in [-0.4, -0.2) is 27.7 Å². The number of nitrogens with zero attached hydrogens (tertiary/aromatic N) is 1. The van der Waals surface area contributed by atoms with E-state index in [4.69, 9.17) is 0 Å². The van der Waals surface area contributed by atoms with Gasteiger partial charge in [0.15, 0.2) is 0 Å². The zero-order valence-corrected chi connectivity index (χ0v) is 17.3. The van der Waals surface area contributed by atoms with Crippen molar-refractivity contribution in [2.45, 2.75) is 44.2 Å². The molecule has 1 atom stereocenters. The van der Waals surface area contributed by atoms with Crippen LogP contribution < -0.4 is 0 Å².